The van der Waals surface area contributed by atoms with Crippen molar-refractivity contribution in [2.24, 2.45) is 4.99 Å². The lowest BCUT2D eigenvalue weighted by atomic mass is 10.0. The molecule has 1 aromatic heterocycles. The topological polar surface area (TPSA) is 93.4 Å². The minimum atomic E-state index is -3.08. The minimum Gasteiger partial charge on any atom is -0.300 e. The summed E-state index contributed by atoms with van der Waals surface area (Å²) in [5.74, 6) is 0.139. The molecule has 0 radical (unpaired) electrons. The average Bonchev–Trinajstić information content (AvgIpc) is 3.24. The predicted octanol–water partition coefficient (Wildman–Crippen LogP) is 3.70. The highest BCUT2D eigenvalue weighted by molar-refractivity contribution is 8.18. The molecule has 1 aromatic carbocycles. The smallest absolute Gasteiger partial charge is 0.289 e. The SMILES string of the molecule is Cc1nn(C2(C)CCS(=O)(=O)C2)c(C)c1/C=C1\SC(=O)NC1=Nc1cccc(F)c1. The van der Waals surface area contributed by atoms with Gasteiger partial charge >= 0.3 is 0 Å². The van der Waals surface area contributed by atoms with Crippen LogP contribution >= 0.6 is 11.8 Å². The number of benzene rings is 1. The Kier molecular flexibility index (Phi) is 5.09. The molecule has 2 aliphatic heterocycles. The molecule has 1 atom stereocenters. The van der Waals surface area contributed by atoms with E-state index >= 15 is 0 Å². The normalized spacial score (nSPS) is 25.9. The second-order valence-electron chi connectivity index (χ2n) is 7.80. The fourth-order valence-corrected chi connectivity index (χ4v) is 6.70. The predicted molar refractivity (Wildman–Crippen MR) is 116 cm³/mol. The first-order valence-electron chi connectivity index (χ1n) is 9.39. The molecule has 0 spiro atoms. The van der Waals surface area contributed by atoms with Crippen molar-refractivity contribution in [2.75, 3.05) is 11.5 Å². The molecule has 2 saturated heterocycles. The fraction of sp³-hybridized carbons (Fsp3) is 0.350. The number of nitrogens with one attached hydrogen (secondary N) is 1. The number of amides is 1. The maximum Gasteiger partial charge on any atom is 0.289 e. The van der Waals surface area contributed by atoms with Crippen LogP contribution < -0.4 is 5.32 Å². The Bertz CT molecular complexity index is 1220. The van der Waals surface area contributed by atoms with E-state index in [1.54, 1.807) is 16.8 Å². The molecule has 1 amide bonds. The van der Waals surface area contributed by atoms with E-state index in [-0.39, 0.29) is 16.7 Å². The van der Waals surface area contributed by atoms with Gasteiger partial charge in [0.05, 0.1) is 33.3 Å². The van der Waals surface area contributed by atoms with Crippen LogP contribution in [0.3, 0.4) is 0 Å². The van der Waals surface area contributed by atoms with Crippen LogP contribution in [-0.4, -0.2) is 40.8 Å². The van der Waals surface area contributed by atoms with Crippen molar-refractivity contribution in [3.05, 3.63) is 51.9 Å². The van der Waals surface area contributed by atoms with Crippen molar-refractivity contribution in [3.63, 3.8) is 0 Å². The molecular weight excluding hydrogens is 427 g/mol. The van der Waals surface area contributed by atoms with Gasteiger partial charge in [-0.15, -0.1) is 0 Å². The van der Waals surface area contributed by atoms with Crippen LogP contribution in [0.25, 0.3) is 6.08 Å². The average molecular weight is 449 g/mol. The van der Waals surface area contributed by atoms with E-state index in [9.17, 15) is 17.6 Å². The Morgan fingerprint density at radius 1 is 1.37 bits per heavy atom. The van der Waals surface area contributed by atoms with Crippen LogP contribution in [0.2, 0.25) is 0 Å². The number of rotatable bonds is 3. The standard InChI is InChI=1S/C20H21FN4O3S2/c1-12-16(13(2)25(24-12)20(3)7-8-30(27,28)11-20)10-17-18(23-19(26)29-17)22-15-6-4-5-14(21)9-15/h4-6,9-10H,7-8,11H2,1-3H3,(H,22,23,26)/b17-10-. The van der Waals surface area contributed by atoms with Gasteiger partial charge in [-0.1, -0.05) is 6.07 Å². The zero-order valence-corrected chi connectivity index (χ0v) is 18.4. The van der Waals surface area contributed by atoms with E-state index in [0.29, 0.717) is 22.8 Å². The van der Waals surface area contributed by atoms with Crippen molar-refractivity contribution >= 4 is 44.4 Å². The number of hydrogen-bond acceptors (Lipinski definition) is 6. The van der Waals surface area contributed by atoms with Crippen molar-refractivity contribution in [2.45, 2.75) is 32.7 Å². The number of carbonyl (C=O) groups excluding carboxylic acids is 1. The third-order valence-corrected chi connectivity index (χ3v) is 8.03. The third kappa shape index (κ3) is 3.93. The summed E-state index contributed by atoms with van der Waals surface area (Å²) in [6.45, 7) is 5.64. The molecule has 1 unspecified atom stereocenters. The van der Waals surface area contributed by atoms with E-state index in [1.807, 2.05) is 26.8 Å². The number of aryl methyl sites for hydroxylation is 1. The van der Waals surface area contributed by atoms with Crippen molar-refractivity contribution < 1.29 is 17.6 Å². The summed E-state index contributed by atoms with van der Waals surface area (Å²) >= 11 is 1.00. The number of sulfone groups is 1. The maximum absolute atomic E-state index is 13.5. The summed E-state index contributed by atoms with van der Waals surface area (Å²) in [6.07, 6.45) is 2.33. The van der Waals surface area contributed by atoms with E-state index < -0.39 is 21.2 Å². The third-order valence-electron chi connectivity index (χ3n) is 5.32. The molecule has 0 aliphatic carbocycles. The van der Waals surface area contributed by atoms with Gasteiger partial charge in [0.2, 0.25) is 0 Å². The van der Waals surface area contributed by atoms with Gasteiger partial charge < -0.3 is 5.32 Å². The molecule has 0 saturated carbocycles. The summed E-state index contributed by atoms with van der Waals surface area (Å²) in [4.78, 5) is 17.0. The van der Waals surface area contributed by atoms with E-state index in [0.717, 1.165) is 28.7 Å². The van der Waals surface area contributed by atoms with Gasteiger partial charge in [0.25, 0.3) is 5.24 Å². The Morgan fingerprint density at radius 3 is 2.80 bits per heavy atom. The number of nitrogens with zero attached hydrogens (tertiary/aromatic N) is 3. The number of aliphatic imine (C=N–C) groups is 1. The van der Waals surface area contributed by atoms with Crippen LogP contribution in [0.15, 0.2) is 34.2 Å². The quantitative estimate of drug-likeness (QED) is 0.773. The largest absolute Gasteiger partial charge is 0.300 e. The number of hydrogen-bond donors (Lipinski definition) is 1. The molecule has 4 rings (SSSR count). The Balaban J connectivity index is 1.74. The number of amidine groups is 1. The summed E-state index contributed by atoms with van der Waals surface area (Å²) in [5, 5.41) is 7.03. The second-order valence-corrected chi connectivity index (χ2v) is 11.0. The molecule has 2 aromatic rings. The van der Waals surface area contributed by atoms with Crippen LogP contribution in [0, 0.1) is 19.7 Å². The van der Waals surface area contributed by atoms with Crippen LogP contribution in [0.4, 0.5) is 14.9 Å². The highest BCUT2D eigenvalue weighted by atomic mass is 32.2. The zero-order valence-electron chi connectivity index (χ0n) is 16.8. The van der Waals surface area contributed by atoms with E-state index in [2.05, 4.69) is 15.4 Å². The van der Waals surface area contributed by atoms with Crippen LogP contribution in [0.1, 0.15) is 30.3 Å². The first-order chi connectivity index (χ1) is 14.1. The van der Waals surface area contributed by atoms with Gasteiger partial charge in [-0.25, -0.2) is 17.8 Å². The molecule has 3 heterocycles. The lowest BCUT2D eigenvalue weighted by Crippen LogP contribution is -2.33. The number of carbonyl (C=O) groups is 1. The van der Waals surface area contributed by atoms with Gasteiger partial charge in [-0.2, -0.15) is 5.10 Å². The highest BCUT2D eigenvalue weighted by Crippen LogP contribution is 2.35. The molecule has 2 aliphatic rings. The lowest BCUT2D eigenvalue weighted by molar-refractivity contribution is 0.265. The molecular formula is C20H21FN4O3S2. The van der Waals surface area contributed by atoms with Gasteiger partial charge in [0.15, 0.2) is 9.84 Å². The summed E-state index contributed by atoms with van der Waals surface area (Å²) in [7, 11) is -3.08. The van der Waals surface area contributed by atoms with Crippen LogP contribution in [-0.2, 0) is 15.4 Å². The summed E-state index contributed by atoms with van der Waals surface area (Å²) in [5.41, 5.74) is 2.16. The van der Waals surface area contributed by atoms with Crippen molar-refractivity contribution in [1.82, 2.24) is 15.1 Å². The van der Waals surface area contributed by atoms with Gasteiger partial charge in [0.1, 0.15) is 11.7 Å². The number of halogens is 1. The monoisotopic (exact) mass is 448 g/mol. The number of thioether (sulfide) groups is 1. The Labute approximate surface area is 178 Å². The van der Waals surface area contributed by atoms with E-state index in [1.165, 1.54) is 12.1 Å². The minimum absolute atomic E-state index is 0.0546. The lowest BCUT2D eigenvalue weighted by Gasteiger charge is -2.24. The maximum atomic E-state index is 13.5. The molecule has 0 bridgehead atoms. The van der Waals surface area contributed by atoms with E-state index in [4.69, 9.17) is 0 Å². The molecule has 7 nitrogen and oxygen atoms in total. The number of aromatic nitrogens is 2. The highest BCUT2D eigenvalue weighted by Gasteiger charge is 2.41. The second kappa shape index (κ2) is 7.35. The van der Waals surface area contributed by atoms with Crippen molar-refractivity contribution in [3.8, 4) is 0 Å². The summed E-state index contributed by atoms with van der Waals surface area (Å²) in [6, 6.07) is 5.82. The molecule has 10 heteroatoms. The van der Waals surface area contributed by atoms with Gasteiger partial charge in [0, 0.05) is 11.3 Å². The van der Waals surface area contributed by atoms with Gasteiger partial charge in [-0.3, -0.25) is 9.48 Å². The van der Waals surface area contributed by atoms with Gasteiger partial charge in [-0.05, 0) is 63.2 Å². The Morgan fingerprint density at radius 2 is 2.13 bits per heavy atom. The fourth-order valence-electron chi connectivity index (χ4n) is 3.87. The zero-order chi connectivity index (χ0) is 21.7. The van der Waals surface area contributed by atoms with Crippen molar-refractivity contribution in [1.29, 1.82) is 0 Å². The van der Waals surface area contributed by atoms with Crippen LogP contribution in [0.5, 0.6) is 0 Å². The first-order valence-corrected chi connectivity index (χ1v) is 12.0. The molecule has 158 valence electrons. The Hall–Kier alpha value is -2.46. The molecule has 2 fully saturated rings. The first kappa shape index (κ1) is 20.8. The summed E-state index contributed by atoms with van der Waals surface area (Å²) < 4.78 is 39.3. The molecule has 1 N–H and O–H groups in total. The molecule has 30 heavy (non-hydrogen) atoms.